The first-order chi connectivity index (χ1) is 19.2. The molecule has 9 nitrogen and oxygen atoms in total. The Labute approximate surface area is 230 Å². The lowest BCUT2D eigenvalue weighted by Gasteiger charge is -2.33. The first kappa shape index (κ1) is 27.3. The maximum Gasteiger partial charge on any atom is 0.331 e. The largest absolute Gasteiger partial charge is 0.347 e. The monoisotopic (exact) mass is 545 g/mol. The average molecular weight is 546 g/mol. The number of carbonyl (C=O) groups excluding carboxylic acids is 2. The number of halogens is 1. The lowest BCUT2D eigenvalue weighted by molar-refractivity contribution is 0.0862. The van der Waals surface area contributed by atoms with Gasteiger partial charge in [0.25, 0.3) is 17.4 Å². The first-order valence-corrected chi connectivity index (χ1v) is 13.8. The number of fused-ring (bicyclic) bond motifs is 1. The molecule has 0 bridgehead atoms. The molecule has 2 aromatic carbocycles. The van der Waals surface area contributed by atoms with Gasteiger partial charge in [0.2, 0.25) is 0 Å². The summed E-state index contributed by atoms with van der Waals surface area (Å²) in [6.07, 6.45) is 5.00. The van der Waals surface area contributed by atoms with E-state index in [9.17, 15) is 23.6 Å². The van der Waals surface area contributed by atoms with Crippen LogP contribution in [0.3, 0.4) is 0 Å². The number of nitrogens with zero attached hydrogens (tertiary/aromatic N) is 3. The van der Waals surface area contributed by atoms with Crippen LogP contribution >= 0.6 is 0 Å². The molecule has 2 saturated carbocycles. The summed E-state index contributed by atoms with van der Waals surface area (Å²) in [5.74, 6) is -1.30. The highest BCUT2D eigenvalue weighted by Gasteiger charge is 2.29. The molecular formula is C30H32FN5O4. The zero-order valence-electron chi connectivity index (χ0n) is 22.6. The summed E-state index contributed by atoms with van der Waals surface area (Å²) in [5.41, 5.74) is 0.0163. The van der Waals surface area contributed by atoms with Gasteiger partial charge < -0.3 is 10.6 Å². The number of hydrogen-bond acceptors (Lipinski definition) is 5. The van der Waals surface area contributed by atoms with Gasteiger partial charge in [-0.25, -0.2) is 9.18 Å². The molecule has 208 valence electrons. The van der Waals surface area contributed by atoms with Crippen LogP contribution in [0.5, 0.6) is 0 Å². The van der Waals surface area contributed by atoms with Gasteiger partial charge in [0.05, 0.1) is 16.5 Å². The molecule has 5 rings (SSSR count). The smallest absolute Gasteiger partial charge is 0.331 e. The van der Waals surface area contributed by atoms with Gasteiger partial charge in [-0.05, 0) is 81.8 Å². The van der Waals surface area contributed by atoms with E-state index in [0.29, 0.717) is 41.8 Å². The first-order valence-electron chi connectivity index (χ1n) is 13.8. The van der Waals surface area contributed by atoms with E-state index < -0.39 is 17.3 Å². The second-order valence-electron chi connectivity index (χ2n) is 11.1. The van der Waals surface area contributed by atoms with E-state index >= 15 is 0 Å². The van der Waals surface area contributed by atoms with Crippen LogP contribution in [0.15, 0.2) is 46.0 Å². The molecule has 0 radical (unpaired) electrons. The second kappa shape index (κ2) is 11.1. The van der Waals surface area contributed by atoms with E-state index in [1.54, 1.807) is 28.8 Å². The topological polar surface area (TPSA) is 126 Å². The maximum absolute atomic E-state index is 14.0. The van der Waals surface area contributed by atoms with Crippen molar-refractivity contribution in [2.75, 3.05) is 0 Å². The Balaban J connectivity index is 1.39. The average Bonchev–Trinajstić information content (AvgIpc) is 3.76. The molecular weight excluding hydrogens is 513 g/mol. The Bertz CT molecular complexity index is 1650. The molecule has 3 aromatic rings. The van der Waals surface area contributed by atoms with Crippen molar-refractivity contribution in [3.8, 4) is 6.07 Å². The van der Waals surface area contributed by atoms with Crippen LogP contribution in [0.2, 0.25) is 0 Å². The highest BCUT2D eigenvalue weighted by atomic mass is 19.1. The van der Waals surface area contributed by atoms with Crippen molar-refractivity contribution < 1.29 is 14.0 Å². The Kier molecular flexibility index (Phi) is 7.57. The Morgan fingerprint density at radius 2 is 1.57 bits per heavy atom. The van der Waals surface area contributed by atoms with Crippen molar-refractivity contribution in [1.82, 2.24) is 19.8 Å². The molecule has 0 unspecified atom stereocenters. The number of nitriles is 1. The van der Waals surface area contributed by atoms with Crippen molar-refractivity contribution in [2.24, 2.45) is 5.92 Å². The Morgan fingerprint density at radius 1 is 0.975 bits per heavy atom. The minimum atomic E-state index is -0.765. The van der Waals surface area contributed by atoms with Crippen molar-refractivity contribution in [2.45, 2.75) is 77.0 Å². The number of amides is 2. The molecule has 0 aliphatic heterocycles. The van der Waals surface area contributed by atoms with Crippen LogP contribution in [-0.2, 0) is 6.54 Å². The molecule has 0 saturated heterocycles. The summed E-state index contributed by atoms with van der Waals surface area (Å²) in [6, 6.07) is 9.33. The van der Waals surface area contributed by atoms with E-state index in [0.717, 1.165) is 31.7 Å². The van der Waals surface area contributed by atoms with Crippen LogP contribution in [0.1, 0.15) is 84.7 Å². The van der Waals surface area contributed by atoms with Crippen LogP contribution in [0.25, 0.3) is 10.9 Å². The van der Waals surface area contributed by atoms with Crippen molar-refractivity contribution in [1.29, 1.82) is 5.26 Å². The molecule has 10 heteroatoms. The third-order valence-corrected chi connectivity index (χ3v) is 7.84. The summed E-state index contributed by atoms with van der Waals surface area (Å²) in [4.78, 5) is 52.7. The number of hydrogen-bond donors (Lipinski definition) is 2. The maximum atomic E-state index is 14.0. The quantitative estimate of drug-likeness (QED) is 0.469. The summed E-state index contributed by atoms with van der Waals surface area (Å²) in [5, 5.41) is 15.2. The van der Waals surface area contributed by atoms with Gasteiger partial charge in [-0.15, -0.1) is 0 Å². The molecule has 0 spiro atoms. The molecule has 2 N–H and O–H groups in total. The molecule has 2 fully saturated rings. The van der Waals surface area contributed by atoms with Gasteiger partial charge in [-0.2, -0.15) is 5.26 Å². The normalized spacial score (nSPS) is 18.9. The van der Waals surface area contributed by atoms with Gasteiger partial charge in [-0.3, -0.25) is 23.5 Å². The van der Waals surface area contributed by atoms with E-state index in [4.69, 9.17) is 5.26 Å². The fourth-order valence-electron chi connectivity index (χ4n) is 5.47. The molecule has 2 aliphatic rings. The summed E-state index contributed by atoms with van der Waals surface area (Å²) in [6.45, 7) is 4.15. The van der Waals surface area contributed by atoms with Crippen molar-refractivity contribution in [3.63, 3.8) is 0 Å². The number of nitrogens with one attached hydrogen (secondary N) is 2. The fourth-order valence-corrected chi connectivity index (χ4v) is 5.47. The number of benzene rings is 2. The molecule has 1 heterocycles. The van der Waals surface area contributed by atoms with Crippen LogP contribution in [0, 0.1) is 23.1 Å². The summed E-state index contributed by atoms with van der Waals surface area (Å²) in [7, 11) is 0. The van der Waals surface area contributed by atoms with Gasteiger partial charge in [0.1, 0.15) is 11.9 Å². The predicted molar refractivity (Wildman–Crippen MR) is 148 cm³/mol. The van der Waals surface area contributed by atoms with Crippen molar-refractivity contribution in [3.05, 3.63) is 79.7 Å². The number of rotatable bonds is 7. The molecule has 2 atom stereocenters. The van der Waals surface area contributed by atoms with Gasteiger partial charge in [-0.1, -0.05) is 12.8 Å². The standard InChI is InChI=1S/C30H32FN5O4/c1-17(2)36-26-12-11-19(13-22(26)29(39)35(30(36)40)16-18-7-8-18)27(37)33-24-5-3-4-6-25(24)34-28(38)20-9-10-21(15-32)23(31)14-20/h9-14,17-18,24-25H,3-8,16H2,1-2H3,(H,33,37)(H,34,38)/t24-,25-/m0/s1. The SMILES string of the molecule is CC(C)n1c(=O)n(CC2CC2)c(=O)c2cc(C(=O)N[C@H]3CCCC[C@@H]3NC(=O)c3ccc(C#N)c(F)c3)ccc21. The lowest BCUT2D eigenvalue weighted by atomic mass is 9.89. The van der Waals surface area contributed by atoms with Crippen LogP contribution < -0.4 is 21.9 Å². The molecule has 2 amide bonds. The minimum absolute atomic E-state index is 0.0976. The number of carbonyl (C=O) groups is 2. The van der Waals surface area contributed by atoms with Gasteiger partial charge >= 0.3 is 5.69 Å². The predicted octanol–water partition coefficient (Wildman–Crippen LogP) is 3.64. The van der Waals surface area contributed by atoms with Gasteiger partial charge in [0.15, 0.2) is 0 Å². The highest BCUT2D eigenvalue weighted by molar-refractivity contribution is 5.98. The zero-order valence-corrected chi connectivity index (χ0v) is 22.6. The third kappa shape index (κ3) is 5.41. The van der Waals surface area contributed by atoms with E-state index in [2.05, 4.69) is 10.6 Å². The third-order valence-electron chi connectivity index (χ3n) is 7.84. The van der Waals surface area contributed by atoms with Crippen LogP contribution in [-0.4, -0.2) is 33.0 Å². The van der Waals surface area contributed by atoms with E-state index in [-0.39, 0.29) is 40.8 Å². The summed E-state index contributed by atoms with van der Waals surface area (Å²) >= 11 is 0. The van der Waals surface area contributed by atoms with Gasteiger partial charge in [0, 0.05) is 35.8 Å². The molecule has 2 aliphatic carbocycles. The second-order valence-corrected chi connectivity index (χ2v) is 11.1. The minimum Gasteiger partial charge on any atom is -0.347 e. The zero-order chi connectivity index (χ0) is 28.6. The van der Waals surface area contributed by atoms with Crippen molar-refractivity contribution >= 4 is 22.7 Å². The Hall–Kier alpha value is -4.26. The summed E-state index contributed by atoms with van der Waals surface area (Å²) < 4.78 is 16.9. The molecule has 1 aromatic heterocycles. The lowest BCUT2D eigenvalue weighted by Crippen LogP contribution is -2.53. The highest BCUT2D eigenvalue weighted by Crippen LogP contribution is 2.30. The molecule has 40 heavy (non-hydrogen) atoms. The fraction of sp³-hybridized carbons (Fsp3) is 0.433. The Morgan fingerprint density at radius 3 is 2.12 bits per heavy atom. The van der Waals surface area contributed by atoms with Crippen LogP contribution in [0.4, 0.5) is 4.39 Å². The van der Waals surface area contributed by atoms with E-state index in [1.807, 2.05) is 13.8 Å². The van der Waals surface area contributed by atoms with E-state index in [1.165, 1.54) is 16.7 Å². The number of aromatic nitrogens is 2.